The van der Waals surface area contributed by atoms with Crippen LogP contribution < -0.4 is 4.74 Å². The van der Waals surface area contributed by atoms with Crippen molar-refractivity contribution in [1.29, 1.82) is 0 Å². The molecular formula is C9H9BrN2O. The van der Waals surface area contributed by atoms with Crippen LogP contribution in [0.5, 0.6) is 5.75 Å². The van der Waals surface area contributed by atoms with Crippen molar-refractivity contribution in [2.24, 2.45) is 0 Å². The molecule has 0 N–H and O–H groups in total. The summed E-state index contributed by atoms with van der Waals surface area (Å²) in [7, 11) is 1.66. The highest BCUT2D eigenvalue weighted by atomic mass is 79.9. The molecule has 0 unspecified atom stereocenters. The Hall–Kier alpha value is -1.03. The highest BCUT2D eigenvalue weighted by molar-refractivity contribution is 9.10. The van der Waals surface area contributed by atoms with E-state index in [0.717, 1.165) is 21.6 Å². The Morgan fingerprint density at radius 2 is 2.31 bits per heavy atom. The van der Waals surface area contributed by atoms with Crippen LogP contribution in [-0.4, -0.2) is 16.5 Å². The summed E-state index contributed by atoms with van der Waals surface area (Å²) >= 11 is 3.41. The Bertz CT molecular complexity index is 450. The largest absolute Gasteiger partial charge is 0.496 e. The zero-order valence-corrected chi connectivity index (χ0v) is 9.00. The lowest BCUT2D eigenvalue weighted by Gasteiger charge is -2.05. The lowest BCUT2D eigenvalue weighted by molar-refractivity contribution is 0.411. The van der Waals surface area contributed by atoms with E-state index in [-0.39, 0.29) is 0 Å². The maximum Gasteiger partial charge on any atom is 0.144 e. The van der Waals surface area contributed by atoms with Gasteiger partial charge in [-0.2, -0.15) is 0 Å². The molecule has 0 aliphatic rings. The molecule has 68 valence electrons. The van der Waals surface area contributed by atoms with E-state index in [9.17, 15) is 0 Å². The quantitative estimate of drug-likeness (QED) is 0.766. The second kappa shape index (κ2) is 3.03. The number of rotatable bonds is 1. The van der Waals surface area contributed by atoms with Gasteiger partial charge in [0.05, 0.1) is 13.3 Å². The van der Waals surface area contributed by atoms with Crippen LogP contribution in [0.4, 0.5) is 0 Å². The van der Waals surface area contributed by atoms with E-state index >= 15 is 0 Å². The summed E-state index contributed by atoms with van der Waals surface area (Å²) in [5.41, 5.74) is 1.97. The number of nitrogens with zero attached hydrogens (tertiary/aromatic N) is 2. The summed E-state index contributed by atoms with van der Waals surface area (Å²) in [4.78, 5) is 4.26. The highest BCUT2D eigenvalue weighted by Crippen LogP contribution is 2.23. The molecule has 0 aromatic carbocycles. The van der Waals surface area contributed by atoms with Crippen LogP contribution in [0.1, 0.15) is 5.56 Å². The smallest absolute Gasteiger partial charge is 0.144 e. The van der Waals surface area contributed by atoms with Crippen molar-refractivity contribution in [3.8, 4) is 5.75 Å². The van der Waals surface area contributed by atoms with Crippen molar-refractivity contribution in [2.45, 2.75) is 6.92 Å². The molecule has 0 atom stereocenters. The van der Waals surface area contributed by atoms with E-state index in [2.05, 4.69) is 20.9 Å². The third-order valence-electron chi connectivity index (χ3n) is 2.05. The third-order valence-corrected chi connectivity index (χ3v) is 2.64. The van der Waals surface area contributed by atoms with Crippen molar-refractivity contribution in [2.75, 3.05) is 7.11 Å². The molecule has 0 saturated heterocycles. The number of ether oxygens (including phenoxy) is 1. The number of fused-ring (bicyclic) bond motifs is 1. The maximum atomic E-state index is 5.19. The number of imidazole rings is 1. The summed E-state index contributed by atoms with van der Waals surface area (Å²) in [5.74, 6) is 0.866. The molecule has 0 saturated carbocycles. The normalized spacial score (nSPS) is 10.7. The predicted molar refractivity (Wildman–Crippen MR) is 54.2 cm³/mol. The molecule has 0 amide bonds. The maximum absolute atomic E-state index is 5.19. The zero-order valence-electron chi connectivity index (χ0n) is 7.41. The molecule has 13 heavy (non-hydrogen) atoms. The number of halogens is 1. The topological polar surface area (TPSA) is 26.5 Å². The first-order valence-corrected chi connectivity index (χ1v) is 4.69. The molecule has 2 heterocycles. The van der Waals surface area contributed by atoms with Crippen LogP contribution in [0.15, 0.2) is 23.1 Å². The average molecular weight is 241 g/mol. The fourth-order valence-corrected chi connectivity index (χ4v) is 1.75. The van der Waals surface area contributed by atoms with Gasteiger partial charge in [-0.3, -0.25) is 4.40 Å². The summed E-state index contributed by atoms with van der Waals surface area (Å²) in [6.07, 6.45) is 3.71. The SMILES string of the molecule is COc1ccn2c(Br)cnc2c1C. The van der Waals surface area contributed by atoms with Gasteiger partial charge in [0.15, 0.2) is 0 Å². The van der Waals surface area contributed by atoms with E-state index in [1.165, 1.54) is 0 Å². The van der Waals surface area contributed by atoms with Gasteiger partial charge < -0.3 is 4.74 Å². The first-order chi connectivity index (χ1) is 6.24. The Morgan fingerprint density at radius 3 is 3.00 bits per heavy atom. The minimum Gasteiger partial charge on any atom is -0.496 e. The van der Waals surface area contributed by atoms with E-state index < -0.39 is 0 Å². The second-order valence-electron chi connectivity index (χ2n) is 2.78. The van der Waals surface area contributed by atoms with Gasteiger partial charge >= 0.3 is 0 Å². The van der Waals surface area contributed by atoms with Crippen molar-refractivity contribution in [3.63, 3.8) is 0 Å². The molecular weight excluding hydrogens is 232 g/mol. The summed E-state index contributed by atoms with van der Waals surface area (Å²) in [6, 6.07) is 1.93. The van der Waals surface area contributed by atoms with Crippen LogP contribution >= 0.6 is 15.9 Å². The van der Waals surface area contributed by atoms with Crippen molar-refractivity contribution >= 4 is 21.6 Å². The van der Waals surface area contributed by atoms with Crippen LogP contribution in [0.3, 0.4) is 0 Å². The minimum atomic E-state index is 0.866. The summed E-state index contributed by atoms with van der Waals surface area (Å²) in [5, 5.41) is 0. The fourth-order valence-electron chi connectivity index (χ4n) is 1.36. The van der Waals surface area contributed by atoms with Gasteiger partial charge in [-0.15, -0.1) is 0 Å². The Morgan fingerprint density at radius 1 is 1.54 bits per heavy atom. The predicted octanol–water partition coefficient (Wildman–Crippen LogP) is 2.41. The minimum absolute atomic E-state index is 0.866. The van der Waals surface area contributed by atoms with Crippen molar-refractivity contribution in [3.05, 3.63) is 28.6 Å². The Kier molecular flexibility index (Phi) is 2.00. The summed E-state index contributed by atoms with van der Waals surface area (Å²) < 4.78 is 8.12. The van der Waals surface area contributed by atoms with Gasteiger partial charge in [0, 0.05) is 11.8 Å². The molecule has 2 aromatic rings. The number of hydrogen-bond acceptors (Lipinski definition) is 2. The lowest BCUT2D eigenvalue weighted by atomic mass is 10.3. The number of pyridine rings is 1. The first-order valence-electron chi connectivity index (χ1n) is 3.90. The van der Waals surface area contributed by atoms with Crippen molar-refractivity contribution < 1.29 is 4.74 Å². The molecule has 0 spiro atoms. The van der Waals surface area contributed by atoms with Gasteiger partial charge in [-0.1, -0.05) is 0 Å². The van der Waals surface area contributed by atoms with Gasteiger partial charge in [-0.05, 0) is 28.9 Å². The van der Waals surface area contributed by atoms with Gasteiger partial charge in [-0.25, -0.2) is 4.98 Å². The van der Waals surface area contributed by atoms with Crippen LogP contribution in [0.2, 0.25) is 0 Å². The van der Waals surface area contributed by atoms with E-state index in [0.29, 0.717) is 0 Å². The van der Waals surface area contributed by atoms with Gasteiger partial charge in [0.25, 0.3) is 0 Å². The van der Waals surface area contributed by atoms with Crippen LogP contribution in [0, 0.1) is 6.92 Å². The van der Waals surface area contributed by atoms with Crippen LogP contribution in [-0.2, 0) is 0 Å². The van der Waals surface area contributed by atoms with Crippen molar-refractivity contribution in [1.82, 2.24) is 9.38 Å². The molecule has 0 fully saturated rings. The second-order valence-corrected chi connectivity index (χ2v) is 3.60. The Labute approximate surface area is 84.5 Å². The molecule has 4 heteroatoms. The molecule has 2 rings (SSSR count). The highest BCUT2D eigenvalue weighted by Gasteiger charge is 2.06. The zero-order chi connectivity index (χ0) is 9.42. The molecule has 0 bridgehead atoms. The molecule has 3 nitrogen and oxygen atoms in total. The third kappa shape index (κ3) is 1.21. The monoisotopic (exact) mass is 240 g/mol. The first kappa shape index (κ1) is 8.56. The molecule has 0 radical (unpaired) electrons. The Balaban J connectivity index is 2.80. The molecule has 0 aliphatic carbocycles. The number of aryl methyl sites for hydroxylation is 1. The summed E-state index contributed by atoms with van der Waals surface area (Å²) in [6.45, 7) is 1.99. The van der Waals surface area contributed by atoms with Crippen LogP contribution in [0.25, 0.3) is 5.65 Å². The number of methoxy groups -OCH3 is 1. The molecule has 0 aliphatic heterocycles. The van der Waals surface area contributed by atoms with Gasteiger partial charge in [0.1, 0.15) is 16.0 Å². The van der Waals surface area contributed by atoms with E-state index in [4.69, 9.17) is 4.74 Å². The lowest BCUT2D eigenvalue weighted by Crippen LogP contribution is -1.92. The fraction of sp³-hybridized carbons (Fsp3) is 0.222. The van der Waals surface area contributed by atoms with Gasteiger partial charge in [0.2, 0.25) is 0 Å². The molecule has 2 aromatic heterocycles. The average Bonchev–Trinajstić information content (AvgIpc) is 2.50. The van der Waals surface area contributed by atoms with E-state index in [1.807, 2.05) is 23.6 Å². The number of aromatic nitrogens is 2. The standard InChI is InChI=1S/C9H9BrN2O/c1-6-7(13-2)3-4-12-8(10)5-11-9(6)12/h3-5H,1-2H3. The number of hydrogen-bond donors (Lipinski definition) is 0. The van der Waals surface area contributed by atoms with E-state index in [1.54, 1.807) is 13.3 Å².